The van der Waals surface area contributed by atoms with E-state index in [0.29, 0.717) is 0 Å². The Morgan fingerprint density at radius 1 is 1.30 bits per heavy atom. The largest absolute Gasteiger partial charge is 0.439 e. The van der Waals surface area contributed by atoms with Gasteiger partial charge in [-0.3, -0.25) is 4.79 Å². The van der Waals surface area contributed by atoms with Gasteiger partial charge in [0, 0.05) is 0 Å². The summed E-state index contributed by atoms with van der Waals surface area (Å²) in [6, 6.07) is 0. The highest BCUT2D eigenvalue weighted by Gasteiger charge is 1.99. The summed E-state index contributed by atoms with van der Waals surface area (Å²) in [6.07, 6.45) is 0.0428. The SMILES string of the molecule is O=C(CCOCO)OCO. The molecule has 2 N–H and O–H groups in total. The van der Waals surface area contributed by atoms with Crippen LogP contribution in [0.2, 0.25) is 0 Å². The quantitative estimate of drug-likeness (QED) is 0.293. The highest BCUT2D eigenvalue weighted by molar-refractivity contribution is 5.69. The average Bonchev–Trinajstić information content (AvgIpc) is 1.89. The number of hydrogen-bond acceptors (Lipinski definition) is 5. The zero-order valence-electron chi connectivity index (χ0n) is 5.45. The van der Waals surface area contributed by atoms with Gasteiger partial charge in [0.15, 0.2) is 6.79 Å². The molecule has 5 heteroatoms. The predicted octanol–water partition coefficient (Wildman–Crippen LogP) is -1.16. The number of ether oxygens (including phenoxy) is 2. The molecular weight excluding hydrogens is 140 g/mol. The summed E-state index contributed by atoms with van der Waals surface area (Å²) in [6.45, 7) is -0.917. The third kappa shape index (κ3) is 5.49. The zero-order chi connectivity index (χ0) is 7.82. The van der Waals surface area contributed by atoms with Crippen molar-refractivity contribution in [3.8, 4) is 0 Å². The third-order valence-corrected chi connectivity index (χ3v) is 0.767. The lowest BCUT2D eigenvalue weighted by atomic mass is 10.5. The van der Waals surface area contributed by atoms with Crippen molar-refractivity contribution in [3.63, 3.8) is 0 Å². The molecule has 0 aromatic heterocycles. The van der Waals surface area contributed by atoms with Gasteiger partial charge in [-0.05, 0) is 0 Å². The molecule has 0 aromatic rings. The van der Waals surface area contributed by atoms with Crippen LogP contribution in [0.25, 0.3) is 0 Å². The van der Waals surface area contributed by atoms with Crippen LogP contribution in [0.4, 0.5) is 0 Å². The summed E-state index contributed by atoms with van der Waals surface area (Å²) in [4.78, 5) is 10.4. The number of rotatable bonds is 5. The first kappa shape index (κ1) is 9.35. The van der Waals surface area contributed by atoms with Crippen molar-refractivity contribution in [3.05, 3.63) is 0 Å². The minimum Gasteiger partial charge on any atom is -0.439 e. The minimum absolute atomic E-state index is 0.0428. The molecule has 0 radical (unpaired) electrons. The second kappa shape index (κ2) is 6.47. The van der Waals surface area contributed by atoms with Gasteiger partial charge < -0.3 is 19.7 Å². The van der Waals surface area contributed by atoms with Crippen LogP contribution in [0.3, 0.4) is 0 Å². The summed E-state index contributed by atoms with van der Waals surface area (Å²) in [5, 5.41) is 16.1. The van der Waals surface area contributed by atoms with E-state index in [-0.39, 0.29) is 13.0 Å². The number of esters is 1. The van der Waals surface area contributed by atoms with Crippen molar-refractivity contribution in [2.24, 2.45) is 0 Å². The fourth-order valence-electron chi connectivity index (χ4n) is 0.364. The van der Waals surface area contributed by atoms with E-state index in [9.17, 15) is 4.79 Å². The van der Waals surface area contributed by atoms with Crippen molar-refractivity contribution in [1.29, 1.82) is 0 Å². The van der Waals surface area contributed by atoms with Gasteiger partial charge in [-0.25, -0.2) is 0 Å². The number of carbonyl (C=O) groups excluding carboxylic acids is 1. The molecule has 0 aliphatic carbocycles. The Morgan fingerprint density at radius 2 is 2.00 bits per heavy atom. The van der Waals surface area contributed by atoms with E-state index in [4.69, 9.17) is 10.2 Å². The molecule has 0 unspecified atom stereocenters. The smallest absolute Gasteiger partial charge is 0.310 e. The molecule has 10 heavy (non-hydrogen) atoms. The Hall–Kier alpha value is -0.650. The monoisotopic (exact) mass is 150 g/mol. The summed E-state index contributed by atoms with van der Waals surface area (Å²) >= 11 is 0. The summed E-state index contributed by atoms with van der Waals surface area (Å²) in [5.41, 5.74) is 0. The number of aliphatic hydroxyl groups excluding tert-OH is 2. The number of hydrogen-bond donors (Lipinski definition) is 2. The van der Waals surface area contributed by atoms with Gasteiger partial charge in [-0.2, -0.15) is 0 Å². The van der Waals surface area contributed by atoms with Crippen LogP contribution >= 0.6 is 0 Å². The van der Waals surface area contributed by atoms with Crippen molar-refractivity contribution in [1.82, 2.24) is 0 Å². The Kier molecular flexibility index (Phi) is 6.05. The lowest BCUT2D eigenvalue weighted by Gasteiger charge is -1.99. The van der Waals surface area contributed by atoms with Gasteiger partial charge >= 0.3 is 5.97 Å². The van der Waals surface area contributed by atoms with Gasteiger partial charge in [-0.15, -0.1) is 0 Å². The molecule has 0 fully saturated rings. The molecule has 0 aliphatic rings. The second-order valence-corrected chi connectivity index (χ2v) is 1.43. The molecule has 60 valence electrons. The molecular formula is C5H10O5. The number of carbonyl (C=O) groups is 1. The van der Waals surface area contributed by atoms with Crippen LogP contribution in [0.15, 0.2) is 0 Å². The van der Waals surface area contributed by atoms with E-state index >= 15 is 0 Å². The first-order valence-electron chi connectivity index (χ1n) is 2.76. The predicted molar refractivity (Wildman–Crippen MR) is 30.8 cm³/mol. The van der Waals surface area contributed by atoms with Crippen LogP contribution in [0.1, 0.15) is 6.42 Å². The van der Waals surface area contributed by atoms with Crippen molar-refractivity contribution >= 4 is 5.97 Å². The van der Waals surface area contributed by atoms with E-state index in [2.05, 4.69) is 9.47 Å². The number of aliphatic hydroxyl groups is 2. The first-order valence-corrected chi connectivity index (χ1v) is 2.76. The normalized spacial score (nSPS) is 9.40. The summed E-state index contributed by atoms with van der Waals surface area (Å²) < 4.78 is 8.57. The maximum Gasteiger partial charge on any atom is 0.310 e. The lowest BCUT2D eigenvalue weighted by molar-refractivity contribution is -0.153. The Labute approximate surface area is 58.2 Å². The Bertz CT molecular complexity index is 92.0. The molecule has 0 rings (SSSR count). The average molecular weight is 150 g/mol. The van der Waals surface area contributed by atoms with Crippen LogP contribution in [0.5, 0.6) is 0 Å². The van der Waals surface area contributed by atoms with Crippen molar-refractivity contribution in [2.75, 3.05) is 20.2 Å². The fraction of sp³-hybridized carbons (Fsp3) is 0.800. The maximum absolute atomic E-state index is 10.4. The molecule has 0 heterocycles. The lowest BCUT2D eigenvalue weighted by Crippen LogP contribution is -2.09. The van der Waals surface area contributed by atoms with Crippen LogP contribution < -0.4 is 0 Å². The summed E-state index contributed by atoms with van der Waals surface area (Å²) in [7, 11) is 0. The fourth-order valence-corrected chi connectivity index (χ4v) is 0.364. The van der Waals surface area contributed by atoms with Crippen molar-refractivity contribution < 1.29 is 24.5 Å². The Morgan fingerprint density at radius 3 is 2.50 bits per heavy atom. The van der Waals surface area contributed by atoms with E-state index in [1.165, 1.54) is 0 Å². The standard InChI is InChI=1S/C5H10O5/c6-3-9-2-1-5(8)10-4-7/h6-7H,1-4H2. The molecule has 5 nitrogen and oxygen atoms in total. The first-order chi connectivity index (χ1) is 4.81. The van der Waals surface area contributed by atoms with E-state index < -0.39 is 19.6 Å². The van der Waals surface area contributed by atoms with Gasteiger partial charge in [0.2, 0.25) is 0 Å². The van der Waals surface area contributed by atoms with Gasteiger partial charge in [0.25, 0.3) is 0 Å². The maximum atomic E-state index is 10.4. The van der Waals surface area contributed by atoms with Crippen molar-refractivity contribution in [2.45, 2.75) is 6.42 Å². The van der Waals surface area contributed by atoms with Crippen LogP contribution in [-0.2, 0) is 14.3 Å². The van der Waals surface area contributed by atoms with Gasteiger partial charge in [0.05, 0.1) is 13.0 Å². The Balaban J connectivity index is 3.05. The molecule has 0 aromatic carbocycles. The topological polar surface area (TPSA) is 76.0 Å². The molecule has 0 saturated heterocycles. The zero-order valence-corrected chi connectivity index (χ0v) is 5.45. The highest BCUT2D eigenvalue weighted by atomic mass is 16.6. The molecule has 0 aliphatic heterocycles. The minimum atomic E-state index is -0.613. The molecule has 0 atom stereocenters. The van der Waals surface area contributed by atoms with E-state index in [1.807, 2.05) is 0 Å². The molecule has 0 saturated carbocycles. The third-order valence-electron chi connectivity index (χ3n) is 0.767. The molecule has 0 amide bonds. The second-order valence-electron chi connectivity index (χ2n) is 1.43. The van der Waals surface area contributed by atoms with E-state index in [1.54, 1.807) is 0 Å². The molecule has 0 bridgehead atoms. The van der Waals surface area contributed by atoms with Crippen LogP contribution in [0, 0.1) is 0 Å². The van der Waals surface area contributed by atoms with E-state index in [0.717, 1.165) is 0 Å². The highest BCUT2D eigenvalue weighted by Crippen LogP contribution is 1.85. The van der Waals surface area contributed by atoms with Gasteiger partial charge in [0.1, 0.15) is 6.79 Å². The summed E-state index contributed by atoms with van der Waals surface area (Å²) in [5.74, 6) is -0.545. The van der Waals surface area contributed by atoms with Gasteiger partial charge in [-0.1, -0.05) is 0 Å². The van der Waals surface area contributed by atoms with Crippen LogP contribution in [-0.4, -0.2) is 36.4 Å². The molecule has 0 spiro atoms.